The summed E-state index contributed by atoms with van der Waals surface area (Å²) in [5.41, 5.74) is 6.32. The van der Waals surface area contributed by atoms with Gasteiger partial charge in [-0.2, -0.15) is 15.8 Å². The normalized spacial score (nSPS) is 23.7. The number of hydrogen-bond donors (Lipinski definition) is 2. The number of ether oxygens (including phenoxy) is 1. The highest BCUT2D eigenvalue weighted by atomic mass is 16.5. The third kappa shape index (κ3) is 2.30. The molecule has 0 spiro atoms. The monoisotopic (exact) mass is 346 g/mol. The van der Waals surface area contributed by atoms with Crippen molar-refractivity contribution in [1.82, 2.24) is 0 Å². The first-order chi connectivity index (χ1) is 12.5. The summed E-state index contributed by atoms with van der Waals surface area (Å²) < 4.78 is 5.19. The average molecular weight is 346 g/mol. The molecule has 130 valence electrons. The number of rotatable bonds is 2. The van der Waals surface area contributed by atoms with E-state index in [1.165, 1.54) is 13.2 Å². The lowest BCUT2D eigenvalue weighted by Crippen LogP contribution is -2.42. The average Bonchev–Trinajstić information content (AvgIpc) is 2.68. The minimum absolute atomic E-state index is 0.00596. The van der Waals surface area contributed by atoms with E-state index in [2.05, 4.69) is 18.2 Å². The second-order valence-electron chi connectivity index (χ2n) is 6.54. The summed E-state index contributed by atoms with van der Waals surface area (Å²) in [6.07, 6.45) is 4.49. The Balaban J connectivity index is 2.32. The first-order valence-corrected chi connectivity index (χ1v) is 8.34. The Hall–Kier alpha value is -3.43. The fraction of sp³-hybridized carbons (Fsp3) is 0.350. The van der Waals surface area contributed by atoms with Crippen LogP contribution in [0.15, 0.2) is 41.1 Å². The largest absolute Gasteiger partial charge is 0.504 e. The molecule has 2 aliphatic carbocycles. The molecule has 0 bridgehead atoms. The number of allylic oxidation sites excluding steroid dienone is 4. The summed E-state index contributed by atoms with van der Waals surface area (Å²) in [5, 5.41) is 39.4. The summed E-state index contributed by atoms with van der Waals surface area (Å²) in [4.78, 5) is 0. The molecule has 1 aromatic rings. The van der Waals surface area contributed by atoms with Gasteiger partial charge in [-0.05, 0) is 48.4 Å². The Morgan fingerprint density at radius 2 is 2.00 bits per heavy atom. The van der Waals surface area contributed by atoms with Crippen LogP contribution in [0.2, 0.25) is 0 Å². The van der Waals surface area contributed by atoms with Crippen LogP contribution in [-0.2, 0) is 0 Å². The molecule has 2 aliphatic rings. The number of nitrogens with zero attached hydrogens (tertiary/aromatic N) is 3. The number of fused-ring (bicyclic) bond motifs is 1. The fourth-order valence-electron chi connectivity index (χ4n) is 4.14. The van der Waals surface area contributed by atoms with E-state index in [9.17, 15) is 20.9 Å². The van der Waals surface area contributed by atoms with Gasteiger partial charge in [-0.1, -0.05) is 12.1 Å². The quantitative estimate of drug-likeness (QED) is 0.847. The van der Waals surface area contributed by atoms with Crippen molar-refractivity contribution in [3.05, 3.63) is 46.7 Å². The Bertz CT molecular complexity index is 926. The second kappa shape index (κ2) is 6.47. The molecule has 0 amide bonds. The van der Waals surface area contributed by atoms with Crippen molar-refractivity contribution in [2.45, 2.75) is 25.2 Å². The van der Waals surface area contributed by atoms with E-state index >= 15 is 0 Å². The van der Waals surface area contributed by atoms with Gasteiger partial charge < -0.3 is 15.6 Å². The van der Waals surface area contributed by atoms with E-state index in [0.717, 1.165) is 24.8 Å². The molecule has 0 heterocycles. The van der Waals surface area contributed by atoms with Crippen LogP contribution in [0, 0.1) is 45.3 Å². The van der Waals surface area contributed by atoms with Crippen molar-refractivity contribution in [2.75, 3.05) is 7.11 Å². The molecule has 0 aromatic heterocycles. The molecule has 0 fully saturated rings. The van der Waals surface area contributed by atoms with Gasteiger partial charge in [-0.15, -0.1) is 0 Å². The zero-order valence-electron chi connectivity index (χ0n) is 14.4. The third-order valence-corrected chi connectivity index (χ3v) is 5.36. The number of phenolic OH excluding ortho intramolecular Hbond substituents is 1. The number of benzene rings is 1. The molecule has 0 unspecified atom stereocenters. The van der Waals surface area contributed by atoms with Crippen molar-refractivity contribution >= 4 is 0 Å². The molecule has 0 saturated heterocycles. The minimum atomic E-state index is -1.65. The maximum Gasteiger partial charge on any atom is 0.191 e. The lowest BCUT2D eigenvalue weighted by atomic mass is 9.57. The van der Waals surface area contributed by atoms with Crippen LogP contribution in [0.25, 0.3) is 0 Å². The molecule has 0 aliphatic heterocycles. The zero-order chi connectivity index (χ0) is 18.9. The van der Waals surface area contributed by atoms with Gasteiger partial charge >= 0.3 is 0 Å². The molecule has 3 N–H and O–H groups in total. The minimum Gasteiger partial charge on any atom is -0.504 e. The van der Waals surface area contributed by atoms with E-state index < -0.39 is 11.3 Å². The van der Waals surface area contributed by atoms with Crippen molar-refractivity contribution in [2.24, 2.45) is 17.1 Å². The molecule has 26 heavy (non-hydrogen) atoms. The fourth-order valence-corrected chi connectivity index (χ4v) is 4.14. The van der Waals surface area contributed by atoms with Crippen LogP contribution in [0.4, 0.5) is 0 Å². The lowest BCUT2D eigenvalue weighted by molar-refractivity contribution is 0.315. The molecule has 6 heteroatoms. The highest BCUT2D eigenvalue weighted by Gasteiger charge is 2.53. The van der Waals surface area contributed by atoms with Gasteiger partial charge in [0.25, 0.3) is 0 Å². The molecular weight excluding hydrogens is 328 g/mol. The van der Waals surface area contributed by atoms with Gasteiger partial charge in [0.1, 0.15) is 6.07 Å². The zero-order valence-corrected chi connectivity index (χ0v) is 14.4. The summed E-state index contributed by atoms with van der Waals surface area (Å²) in [6, 6.07) is 11.1. The van der Waals surface area contributed by atoms with Gasteiger partial charge in [0.05, 0.1) is 30.5 Å². The Labute approximate surface area is 152 Å². The van der Waals surface area contributed by atoms with Crippen LogP contribution >= 0.6 is 0 Å². The molecule has 2 atom stereocenters. The molecule has 6 nitrogen and oxygen atoms in total. The van der Waals surface area contributed by atoms with Gasteiger partial charge in [-0.25, -0.2) is 0 Å². The van der Waals surface area contributed by atoms with Crippen molar-refractivity contribution < 1.29 is 9.84 Å². The summed E-state index contributed by atoms with van der Waals surface area (Å²) >= 11 is 0. The summed E-state index contributed by atoms with van der Waals surface area (Å²) in [6.45, 7) is 0. The first-order valence-electron chi connectivity index (χ1n) is 8.34. The number of nitrogens with two attached hydrogens (primary N) is 1. The number of phenols is 1. The maximum absolute atomic E-state index is 9.93. The van der Waals surface area contributed by atoms with Crippen molar-refractivity contribution in [3.8, 4) is 29.7 Å². The van der Waals surface area contributed by atoms with E-state index in [4.69, 9.17) is 10.5 Å². The highest BCUT2D eigenvalue weighted by molar-refractivity contribution is 5.60. The Morgan fingerprint density at radius 3 is 2.62 bits per heavy atom. The van der Waals surface area contributed by atoms with Crippen LogP contribution in [0.5, 0.6) is 11.5 Å². The van der Waals surface area contributed by atoms with Crippen molar-refractivity contribution in [3.63, 3.8) is 0 Å². The van der Waals surface area contributed by atoms with Crippen molar-refractivity contribution in [1.29, 1.82) is 15.8 Å². The van der Waals surface area contributed by atoms with Gasteiger partial charge in [0.2, 0.25) is 0 Å². The van der Waals surface area contributed by atoms with E-state index in [1.54, 1.807) is 12.1 Å². The smallest absolute Gasteiger partial charge is 0.191 e. The van der Waals surface area contributed by atoms with E-state index in [0.29, 0.717) is 5.56 Å². The predicted octanol–water partition coefficient (Wildman–Crippen LogP) is 2.99. The predicted molar refractivity (Wildman–Crippen MR) is 93.3 cm³/mol. The second-order valence-corrected chi connectivity index (χ2v) is 6.54. The molecular formula is C20H18N4O2. The van der Waals surface area contributed by atoms with Gasteiger partial charge in [0, 0.05) is 5.92 Å². The Kier molecular flexibility index (Phi) is 4.33. The van der Waals surface area contributed by atoms with E-state index in [1.807, 2.05) is 6.08 Å². The van der Waals surface area contributed by atoms with Crippen LogP contribution < -0.4 is 10.5 Å². The summed E-state index contributed by atoms with van der Waals surface area (Å²) in [7, 11) is 1.44. The number of aromatic hydroxyl groups is 1. The van der Waals surface area contributed by atoms with Crippen LogP contribution in [0.3, 0.4) is 0 Å². The Morgan fingerprint density at radius 1 is 1.27 bits per heavy atom. The van der Waals surface area contributed by atoms with Gasteiger partial charge in [-0.3, -0.25) is 0 Å². The number of nitriles is 3. The first kappa shape index (κ1) is 17.4. The molecule has 1 aromatic carbocycles. The van der Waals surface area contributed by atoms with Gasteiger partial charge in [0.15, 0.2) is 16.9 Å². The van der Waals surface area contributed by atoms with E-state index in [-0.39, 0.29) is 28.7 Å². The van der Waals surface area contributed by atoms with Crippen LogP contribution in [0.1, 0.15) is 30.7 Å². The number of hydrogen-bond acceptors (Lipinski definition) is 6. The maximum atomic E-state index is 9.93. The highest BCUT2D eigenvalue weighted by Crippen LogP contribution is 2.56. The molecule has 0 radical (unpaired) electrons. The number of methoxy groups -OCH3 is 1. The lowest BCUT2D eigenvalue weighted by Gasteiger charge is -2.43. The molecule has 3 rings (SSSR count). The standard InChI is InChI=1S/C20H18N4O2/c1-26-17-8-12(6-7-16(17)25)18-14-5-3-2-4-13(14)15(9-21)19(24)20(18,10-22)11-23/h4,6-8,14,18,25H,2-3,5,24H2,1H3/t14-,18+/m1/s1. The summed E-state index contributed by atoms with van der Waals surface area (Å²) in [5.74, 6) is -0.468. The molecule has 0 saturated carbocycles. The SMILES string of the molecule is COc1cc([C@H]2[C@@H]3CCCC=C3C(C#N)=C(N)C2(C#N)C#N)ccc1O. The topological polar surface area (TPSA) is 127 Å². The third-order valence-electron chi connectivity index (χ3n) is 5.36. The van der Waals surface area contributed by atoms with Crippen LogP contribution in [-0.4, -0.2) is 12.2 Å².